The number of carbonyl (C=O) groups excluding carboxylic acids is 1. The van der Waals surface area contributed by atoms with Gasteiger partial charge in [-0.3, -0.25) is 4.79 Å². The summed E-state index contributed by atoms with van der Waals surface area (Å²) in [5, 5.41) is 22.0. The maximum absolute atomic E-state index is 12.8. The standard InChI is InChI=1S/C21H17NO5/c1-27-19-11-10-13(12-18(19)23)22-20(24)16-8-4-2-6-14(16)15-7-3-5-9-17(15)21(25)26/h2-12,23H,1H3,(H,22,24)(H,25,26). The number of anilines is 1. The topological polar surface area (TPSA) is 95.9 Å². The van der Waals surface area contributed by atoms with E-state index in [1.165, 1.54) is 25.3 Å². The quantitative estimate of drug-likeness (QED) is 0.636. The van der Waals surface area contributed by atoms with E-state index in [0.29, 0.717) is 28.1 Å². The highest BCUT2D eigenvalue weighted by Gasteiger charge is 2.17. The van der Waals surface area contributed by atoms with Gasteiger partial charge in [0.05, 0.1) is 12.7 Å². The number of carboxylic acids is 1. The van der Waals surface area contributed by atoms with Gasteiger partial charge in [0.25, 0.3) is 5.91 Å². The van der Waals surface area contributed by atoms with E-state index in [1.807, 2.05) is 0 Å². The van der Waals surface area contributed by atoms with Crippen molar-refractivity contribution in [2.75, 3.05) is 12.4 Å². The molecule has 0 radical (unpaired) electrons. The van der Waals surface area contributed by atoms with Gasteiger partial charge in [0.2, 0.25) is 0 Å². The fourth-order valence-electron chi connectivity index (χ4n) is 2.79. The molecule has 0 aliphatic rings. The minimum absolute atomic E-state index is 0.0974. The van der Waals surface area contributed by atoms with E-state index in [0.717, 1.165) is 0 Å². The number of aromatic hydroxyl groups is 1. The van der Waals surface area contributed by atoms with E-state index >= 15 is 0 Å². The zero-order chi connectivity index (χ0) is 19.4. The highest BCUT2D eigenvalue weighted by Crippen LogP contribution is 2.30. The molecule has 0 spiro atoms. The zero-order valence-corrected chi connectivity index (χ0v) is 14.5. The van der Waals surface area contributed by atoms with Crippen LogP contribution in [0, 0.1) is 0 Å². The Morgan fingerprint density at radius 2 is 1.48 bits per heavy atom. The molecular weight excluding hydrogens is 346 g/mol. The molecule has 3 N–H and O–H groups in total. The first-order chi connectivity index (χ1) is 13.0. The third-order valence-electron chi connectivity index (χ3n) is 4.06. The van der Waals surface area contributed by atoms with Gasteiger partial charge in [0.15, 0.2) is 11.5 Å². The van der Waals surface area contributed by atoms with Crippen LogP contribution in [0.5, 0.6) is 11.5 Å². The first-order valence-corrected chi connectivity index (χ1v) is 8.11. The lowest BCUT2D eigenvalue weighted by Gasteiger charge is -2.13. The normalized spacial score (nSPS) is 10.3. The summed E-state index contributed by atoms with van der Waals surface area (Å²) in [5.41, 5.74) is 1.78. The number of aromatic carboxylic acids is 1. The highest BCUT2D eigenvalue weighted by atomic mass is 16.5. The van der Waals surface area contributed by atoms with Gasteiger partial charge in [-0.2, -0.15) is 0 Å². The minimum atomic E-state index is -1.07. The number of carboxylic acid groups (broad SMARTS) is 1. The summed E-state index contributed by atoms with van der Waals surface area (Å²) in [5.74, 6) is -1.29. The second-order valence-electron chi connectivity index (χ2n) is 5.74. The van der Waals surface area contributed by atoms with Crippen molar-refractivity contribution < 1.29 is 24.5 Å². The largest absolute Gasteiger partial charge is 0.504 e. The Kier molecular flexibility index (Phi) is 5.08. The van der Waals surface area contributed by atoms with E-state index in [2.05, 4.69) is 5.32 Å². The van der Waals surface area contributed by atoms with Gasteiger partial charge in [0.1, 0.15) is 0 Å². The molecule has 0 aliphatic carbocycles. The number of amides is 1. The van der Waals surface area contributed by atoms with E-state index in [1.54, 1.807) is 48.5 Å². The van der Waals surface area contributed by atoms with Crippen molar-refractivity contribution in [1.82, 2.24) is 0 Å². The minimum Gasteiger partial charge on any atom is -0.504 e. The predicted octanol–water partition coefficient (Wildman–Crippen LogP) is 4.02. The number of nitrogens with one attached hydrogen (secondary N) is 1. The van der Waals surface area contributed by atoms with Crippen LogP contribution >= 0.6 is 0 Å². The molecule has 0 fully saturated rings. The van der Waals surface area contributed by atoms with Gasteiger partial charge >= 0.3 is 5.97 Å². The molecule has 0 unspecified atom stereocenters. The number of rotatable bonds is 5. The summed E-state index contributed by atoms with van der Waals surface area (Å²) in [7, 11) is 1.43. The fourth-order valence-corrected chi connectivity index (χ4v) is 2.79. The molecule has 3 aromatic rings. The van der Waals surface area contributed by atoms with Gasteiger partial charge in [0, 0.05) is 17.3 Å². The Morgan fingerprint density at radius 1 is 0.889 bits per heavy atom. The summed E-state index contributed by atoms with van der Waals surface area (Å²) in [6, 6.07) is 17.8. The van der Waals surface area contributed by atoms with Crippen LogP contribution in [0.3, 0.4) is 0 Å². The predicted molar refractivity (Wildman–Crippen MR) is 101 cm³/mol. The SMILES string of the molecule is COc1ccc(NC(=O)c2ccccc2-c2ccccc2C(=O)O)cc1O. The molecule has 0 saturated carbocycles. The lowest BCUT2D eigenvalue weighted by Crippen LogP contribution is -2.13. The Bertz CT molecular complexity index is 1010. The molecule has 3 aromatic carbocycles. The molecule has 0 bridgehead atoms. The Balaban J connectivity index is 1.98. The van der Waals surface area contributed by atoms with Gasteiger partial charge in [-0.25, -0.2) is 4.79 Å². The lowest BCUT2D eigenvalue weighted by molar-refractivity contribution is 0.0697. The number of ether oxygens (including phenoxy) is 1. The first-order valence-electron chi connectivity index (χ1n) is 8.11. The number of carbonyl (C=O) groups is 2. The average Bonchev–Trinajstić information content (AvgIpc) is 2.68. The second-order valence-corrected chi connectivity index (χ2v) is 5.74. The van der Waals surface area contributed by atoms with Crippen LogP contribution in [-0.4, -0.2) is 29.2 Å². The van der Waals surface area contributed by atoms with Crippen LogP contribution in [0.1, 0.15) is 20.7 Å². The first kappa shape index (κ1) is 18.0. The molecule has 0 saturated heterocycles. The molecular formula is C21H17NO5. The van der Waals surface area contributed by atoms with Crippen LogP contribution in [0.2, 0.25) is 0 Å². The highest BCUT2D eigenvalue weighted by molar-refractivity contribution is 6.10. The molecule has 0 heterocycles. The number of hydrogen-bond acceptors (Lipinski definition) is 4. The van der Waals surface area contributed by atoms with Crippen molar-refractivity contribution in [1.29, 1.82) is 0 Å². The molecule has 6 heteroatoms. The summed E-state index contributed by atoms with van der Waals surface area (Å²) >= 11 is 0. The number of phenols is 1. The van der Waals surface area contributed by atoms with Crippen molar-refractivity contribution in [2.45, 2.75) is 0 Å². The summed E-state index contributed by atoms with van der Waals surface area (Å²) in [6.45, 7) is 0. The van der Waals surface area contributed by atoms with Crippen LogP contribution < -0.4 is 10.1 Å². The van der Waals surface area contributed by atoms with Crippen molar-refractivity contribution in [3.05, 3.63) is 77.9 Å². The smallest absolute Gasteiger partial charge is 0.336 e. The van der Waals surface area contributed by atoms with Gasteiger partial charge in [-0.1, -0.05) is 36.4 Å². The van der Waals surface area contributed by atoms with Gasteiger partial charge < -0.3 is 20.3 Å². The van der Waals surface area contributed by atoms with Crippen molar-refractivity contribution >= 4 is 17.6 Å². The summed E-state index contributed by atoms with van der Waals surface area (Å²) < 4.78 is 4.98. The molecule has 0 aliphatic heterocycles. The van der Waals surface area contributed by atoms with E-state index in [4.69, 9.17) is 4.74 Å². The third kappa shape index (κ3) is 3.74. The fraction of sp³-hybridized carbons (Fsp3) is 0.0476. The number of benzene rings is 3. The van der Waals surface area contributed by atoms with Crippen LogP contribution in [0.15, 0.2) is 66.7 Å². The maximum Gasteiger partial charge on any atom is 0.336 e. The molecule has 0 atom stereocenters. The molecule has 27 heavy (non-hydrogen) atoms. The average molecular weight is 363 g/mol. The second kappa shape index (κ2) is 7.61. The molecule has 136 valence electrons. The van der Waals surface area contributed by atoms with Crippen molar-refractivity contribution in [3.63, 3.8) is 0 Å². The Labute approximate surface area is 155 Å². The van der Waals surface area contributed by atoms with Gasteiger partial charge in [-0.05, 0) is 35.4 Å². The van der Waals surface area contributed by atoms with E-state index < -0.39 is 11.9 Å². The molecule has 6 nitrogen and oxygen atoms in total. The van der Waals surface area contributed by atoms with Crippen LogP contribution in [0.4, 0.5) is 5.69 Å². The number of methoxy groups -OCH3 is 1. The summed E-state index contributed by atoms with van der Waals surface area (Å²) in [4.78, 5) is 24.3. The van der Waals surface area contributed by atoms with Gasteiger partial charge in [-0.15, -0.1) is 0 Å². The zero-order valence-electron chi connectivity index (χ0n) is 14.5. The van der Waals surface area contributed by atoms with Crippen molar-refractivity contribution in [3.8, 4) is 22.6 Å². The molecule has 3 rings (SSSR count). The summed E-state index contributed by atoms with van der Waals surface area (Å²) in [6.07, 6.45) is 0. The number of hydrogen-bond donors (Lipinski definition) is 3. The molecule has 0 aromatic heterocycles. The van der Waals surface area contributed by atoms with Crippen LogP contribution in [0.25, 0.3) is 11.1 Å². The lowest BCUT2D eigenvalue weighted by atomic mass is 9.95. The maximum atomic E-state index is 12.8. The van der Waals surface area contributed by atoms with E-state index in [-0.39, 0.29) is 11.3 Å². The van der Waals surface area contributed by atoms with Crippen molar-refractivity contribution in [2.24, 2.45) is 0 Å². The molecule has 1 amide bonds. The van der Waals surface area contributed by atoms with E-state index in [9.17, 15) is 19.8 Å². The van der Waals surface area contributed by atoms with Crippen LogP contribution in [-0.2, 0) is 0 Å². The Morgan fingerprint density at radius 3 is 2.07 bits per heavy atom. The monoisotopic (exact) mass is 363 g/mol. The Hall–Kier alpha value is -3.80. The number of phenolic OH excluding ortho intramolecular Hbond substituents is 1. The third-order valence-corrected chi connectivity index (χ3v) is 4.06.